The van der Waals surface area contributed by atoms with Gasteiger partial charge in [-0.2, -0.15) is 13.2 Å². The smallest absolute Gasteiger partial charge is 0.389 e. The van der Waals surface area contributed by atoms with Crippen molar-refractivity contribution in [3.8, 4) is 5.75 Å². The van der Waals surface area contributed by atoms with E-state index in [2.05, 4.69) is 0 Å². The highest BCUT2D eigenvalue weighted by atomic mass is 19.4. The maximum absolute atomic E-state index is 11.9. The van der Waals surface area contributed by atoms with Gasteiger partial charge in [0, 0.05) is 12.5 Å². The molecule has 0 radical (unpaired) electrons. The van der Waals surface area contributed by atoms with Crippen molar-refractivity contribution in [1.82, 2.24) is 0 Å². The third-order valence-electron chi connectivity index (χ3n) is 2.24. The maximum atomic E-state index is 11.9. The van der Waals surface area contributed by atoms with Crippen LogP contribution in [-0.4, -0.2) is 18.8 Å². The summed E-state index contributed by atoms with van der Waals surface area (Å²) in [5, 5.41) is 0. The van der Waals surface area contributed by atoms with Crippen molar-refractivity contribution in [1.29, 1.82) is 0 Å². The van der Waals surface area contributed by atoms with Crippen molar-refractivity contribution in [3.63, 3.8) is 0 Å². The first-order chi connectivity index (χ1) is 7.97. The van der Waals surface area contributed by atoms with Crippen LogP contribution in [0.4, 0.5) is 13.2 Å². The Hall–Kier alpha value is -1.23. The minimum absolute atomic E-state index is 0.0445. The summed E-state index contributed by atoms with van der Waals surface area (Å²) in [7, 11) is 0. The third-order valence-corrected chi connectivity index (χ3v) is 2.24. The average molecular weight is 247 g/mol. The van der Waals surface area contributed by atoms with E-state index in [1.54, 1.807) is 12.1 Å². The van der Waals surface area contributed by atoms with Gasteiger partial charge >= 0.3 is 6.18 Å². The molecule has 1 aromatic carbocycles. The van der Waals surface area contributed by atoms with Crippen molar-refractivity contribution in [2.45, 2.75) is 31.5 Å². The van der Waals surface area contributed by atoms with E-state index in [0.717, 1.165) is 0 Å². The molecule has 1 aromatic rings. The minimum atomic E-state index is -4.10. The van der Waals surface area contributed by atoms with Crippen LogP contribution in [0.15, 0.2) is 30.3 Å². The number of para-hydroxylation sites is 1. The molecule has 5 heteroatoms. The van der Waals surface area contributed by atoms with E-state index in [4.69, 9.17) is 10.5 Å². The van der Waals surface area contributed by atoms with Gasteiger partial charge in [0.15, 0.2) is 0 Å². The first kappa shape index (κ1) is 13.8. The second-order valence-corrected chi connectivity index (χ2v) is 3.89. The highest BCUT2D eigenvalue weighted by Gasteiger charge is 2.26. The molecule has 0 bridgehead atoms. The highest BCUT2D eigenvalue weighted by molar-refractivity contribution is 5.20. The van der Waals surface area contributed by atoms with E-state index >= 15 is 0 Å². The van der Waals surface area contributed by atoms with Gasteiger partial charge in [0.2, 0.25) is 0 Å². The molecule has 0 fully saturated rings. The molecule has 17 heavy (non-hydrogen) atoms. The van der Waals surface area contributed by atoms with Gasteiger partial charge < -0.3 is 10.5 Å². The number of nitrogens with two attached hydrogens (primary N) is 1. The molecule has 2 nitrogen and oxygen atoms in total. The van der Waals surface area contributed by atoms with Gasteiger partial charge in [0.25, 0.3) is 0 Å². The molecule has 0 aromatic heterocycles. The van der Waals surface area contributed by atoms with Crippen molar-refractivity contribution >= 4 is 0 Å². The molecular formula is C12H16F3NO. The van der Waals surface area contributed by atoms with Crippen LogP contribution in [0.5, 0.6) is 5.75 Å². The van der Waals surface area contributed by atoms with Crippen LogP contribution in [0.2, 0.25) is 0 Å². The van der Waals surface area contributed by atoms with Gasteiger partial charge in [0.1, 0.15) is 12.4 Å². The number of hydrogen-bond acceptors (Lipinski definition) is 2. The van der Waals surface area contributed by atoms with E-state index in [9.17, 15) is 13.2 Å². The zero-order valence-corrected chi connectivity index (χ0v) is 9.41. The summed E-state index contributed by atoms with van der Waals surface area (Å²) in [4.78, 5) is 0. The summed E-state index contributed by atoms with van der Waals surface area (Å²) in [6, 6.07) is 8.70. The zero-order chi connectivity index (χ0) is 12.7. The Morgan fingerprint density at radius 3 is 2.41 bits per heavy atom. The molecule has 0 saturated heterocycles. The Bertz CT molecular complexity index is 313. The second-order valence-electron chi connectivity index (χ2n) is 3.89. The number of ether oxygens (including phenoxy) is 1. The number of halogens is 3. The van der Waals surface area contributed by atoms with Crippen molar-refractivity contribution in [3.05, 3.63) is 30.3 Å². The molecule has 96 valence electrons. The van der Waals surface area contributed by atoms with Crippen LogP contribution < -0.4 is 10.5 Å². The van der Waals surface area contributed by atoms with Crippen LogP contribution in [0, 0.1) is 0 Å². The summed E-state index contributed by atoms with van der Waals surface area (Å²) in [5.41, 5.74) is 5.66. The number of hydrogen-bond donors (Lipinski definition) is 1. The molecule has 0 heterocycles. The Morgan fingerprint density at radius 2 is 1.82 bits per heavy atom. The highest BCUT2D eigenvalue weighted by Crippen LogP contribution is 2.22. The lowest BCUT2D eigenvalue weighted by atomic mass is 10.1. The molecule has 0 spiro atoms. The lowest BCUT2D eigenvalue weighted by Gasteiger charge is -2.13. The number of rotatable bonds is 6. The summed E-state index contributed by atoms with van der Waals surface area (Å²) in [6.07, 6.45) is -4.53. The number of benzene rings is 1. The largest absolute Gasteiger partial charge is 0.492 e. The fraction of sp³-hybridized carbons (Fsp3) is 0.500. The molecule has 0 aliphatic carbocycles. The molecule has 1 unspecified atom stereocenters. The Morgan fingerprint density at radius 1 is 1.18 bits per heavy atom. The van der Waals surface area contributed by atoms with Crippen molar-refractivity contribution < 1.29 is 17.9 Å². The lowest BCUT2D eigenvalue weighted by molar-refractivity contribution is -0.135. The van der Waals surface area contributed by atoms with E-state index in [-0.39, 0.29) is 19.1 Å². The average Bonchev–Trinajstić information content (AvgIpc) is 2.26. The Labute approximate surface area is 98.6 Å². The first-order valence-corrected chi connectivity index (χ1v) is 5.47. The lowest BCUT2D eigenvalue weighted by Crippen LogP contribution is -2.28. The van der Waals surface area contributed by atoms with Gasteiger partial charge in [-0.1, -0.05) is 18.2 Å². The number of alkyl halides is 3. The molecule has 2 N–H and O–H groups in total. The second kappa shape index (κ2) is 6.49. The summed E-state index contributed by atoms with van der Waals surface area (Å²) >= 11 is 0. The normalized spacial score (nSPS) is 13.4. The summed E-state index contributed by atoms with van der Waals surface area (Å²) in [5.74, 6) is 0.679. The topological polar surface area (TPSA) is 35.2 Å². The van der Waals surface area contributed by atoms with E-state index in [1.807, 2.05) is 18.2 Å². The van der Waals surface area contributed by atoms with Crippen LogP contribution in [0.3, 0.4) is 0 Å². The van der Waals surface area contributed by atoms with E-state index < -0.39 is 12.6 Å². The monoisotopic (exact) mass is 247 g/mol. The molecule has 1 rings (SSSR count). The van der Waals surface area contributed by atoms with Gasteiger partial charge in [-0.25, -0.2) is 0 Å². The molecule has 0 aliphatic heterocycles. The predicted octanol–water partition coefficient (Wildman–Crippen LogP) is 3.13. The minimum Gasteiger partial charge on any atom is -0.492 e. The fourth-order valence-corrected chi connectivity index (χ4v) is 1.37. The quantitative estimate of drug-likeness (QED) is 0.838. The van der Waals surface area contributed by atoms with Crippen molar-refractivity contribution in [2.75, 3.05) is 6.61 Å². The maximum Gasteiger partial charge on any atom is 0.389 e. The first-order valence-electron chi connectivity index (χ1n) is 5.47. The van der Waals surface area contributed by atoms with Gasteiger partial charge in [-0.05, 0) is 25.0 Å². The van der Waals surface area contributed by atoms with Crippen LogP contribution in [-0.2, 0) is 0 Å². The zero-order valence-electron chi connectivity index (χ0n) is 9.41. The standard InChI is InChI=1S/C12H16F3NO/c13-12(14,15)8-4-5-10(16)9-17-11-6-2-1-3-7-11/h1-3,6-7,10H,4-5,8-9,16H2. The Balaban J connectivity index is 2.15. The molecule has 0 amide bonds. The third kappa shape index (κ3) is 6.84. The molecule has 1 atom stereocenters. The summed E-state index contributed by atoms with van der Waals surface area (Å²) < 4.78 is 41.0. The van der Waals surface area contributed by atoms with Crippen LogP contribution in [0.25, 0.3) is 0 Å². The summed E-state index contributed by atoms with van der Waals surface area (Å²) in [6.45, 7) is 0.238. The predicted molar refractivity (Wildman–Crippen MR) is 59.8 cm³/mol. The van der Waals surface area contributed by atoms with Gasteiger partial charge in [0.05, 0.1) is 0 Å². The van der Waals surface area contributed by atoms with E-state index in [1.165, 1.54) is 0 Å². The molecule has 0 saturated carbocycles. The van der Waals surface area contributed by atoms with Crippen LogP contribution in [0.1, 0.15) is 19.3 Å². The molecular weight excluding hydrogens is 231 g/mol. The van der Waals surface area contributed by atoms with Crippen molar-refractivity contribution in [2.24, 2.45) is 5.73 Å². The van der Waals surface area contributed by atoms with Crippen LogP contribution >= 0.6 is 0 Å². The SMILES string of the molecule is NC(CCCC(F)(F)F)COc1ccccc1. The Kier molecular flexibility index (Phi) is 5.28. The van der Waals surface area contributed by atoms with Gasteiger partial charge in [-0.15, -0.1) is 0 Å². The van der Waals surface area contributed by atoms with E-state index in [0.29, 0.717) is 12.2 Å². The van der Waals surface area contributed by atoms with Gasteiger partial charge in [-0.3, -0.25) is 0 Å². The fourth-order valence-electron chi connectivity index (χ4n) is 1.37. The molecule has 0 aliphatic rings.